The van der Waals surface area contributed by atoms with Gasteiger partial charge in [-0.1, -0.05) is 6.92 Å². The highest BCUT2D eigenvalue weighted by Crippen LogP contribution is 2.20. The normalized spacial score (nSPS) is 19.0. The average Bonchev–Trinajstić information content (AvgIpc) is 2.54. The fraction of sp³-hybridized carbons (Fsp3) is 0.467. The van der Waals surface area contributed by atoms with Crippen LogP contribution in [0.4, 0.5) is 0 Å². The Morgan fingerprint density at radius 2 is 1.91 bits per heavy atom. The van der Waals surface area contributed by atoms with E-state index in [4.69, 9.17) is 5.11 Å². The number of benzene rings is 1. The number of sulfone groups is 1. The van der Waals surface area contributed by atoms with E-state index >= 15 is 0 Å². The molecule has 0 bridgehead atoms. The van der Waals surface area contributed by atoms with E-state index < -0.39 is 21.7 Å². The Bertz CT molecular complexity index is 666. The average molecular weight is 325 g/mol. The van der Waals surface area contributed by atoms with Crippen LogP contribution in [0.2, 0.25) is 0 Å². The number of hydrogen-bond donors (Lipinski definition) is 1. The van der Waals surface area contributed by atoms with Gasteiger partial charge in [0.2, 0.25) is 0 Å². The van der Waals surface area contributed by atoms with Crippen LogP contribution in [0.15, 0.2) is 29.2 Å². The highest BCUT2D eigenvalue weighted by atomic mass is 32.2. The third kappa shape index (κ3) is 3.47. The van der Waals surface area contributed by atoms with Crippen molar-refractivity contribution in [2.24, 2.45) is 5.92 Å². The second-order valence-electron chi connectivity index (χ2n) is 5.36. The van der Waals surface area contributed by atoms with Crippen LogP contribution in [0.25, 0.3) is 0 Å². The van der Waals surface area contributed by atoms with Gasteiger partial charge in [0.05, 0.1) is 16.6 Å². The number of carboxylic acids is 1. The molecule has 1 aliphatic rings. The lowest BCUT2D eigenvalue weighted by atomic mass is 9.97. The van der Waals surface area contributed by atoms with Gasteiger partial charge in [-0.05, 0) is 37.1 Å². The van der Waals surface area contributed by atoms with Crippen LogP contribution < -0.4 is 0 Å². The van der Waals surface area contributed by atoms with Crippen molar-refractivity contribution in [2.45, 2.75) is 24.7 Å². The van der Waals surface area contributed by atoms with E-state index in [1.807, 2.05) is 0 Å². The first-order valence-corrected chi connectivity index (χ1v) is 8.85. The lowest BCUT2D eigenvalue weighted by Crippen LogP contribution is -2.42. The summed E-state index contributed by atoms with van der Waals surface area (Å²) in [5.74, 6) is -1.67. The summed E-state index contributed by atoms with van der Waals surface area (Å²) in [4.78, 5) is 25.1. The summed E-state index contributed by atoms with van der Waals surface area (Å²) in [7, 11) is -3.29. The molecule has 6 nitrogen and oxygen atoms in total. The van der Waals surface area contributed by atoms with Gasteiger partial charge >= 0.3 is 5.97 Å². The predicted molar refractivity (Wildman–Crippen MR) is 80.4 cm³/mol. The van der Waals surface area contributed by atoms with Crippen molar-refractivity contribution in [1.29, 1.82) is 0 Å². The Balaban J connectivity index is 2.14. The second kappa shape index (κ2) is 6.48. The van der Waals surface area contributed by atoms with Gasteiger partial charge in [0.1, 0.15) is 0 Å². The maximum absolute atomic E-state index is 12.4. The molecular weight excluding hydrogens is 306 g/mol. The Labute approximate surface area is 129 Å². The lowest BCUT2D eigenvalue weighted by molar-refractivity contribution is -0.143. The molecule has 2 rings (SSSR count). The molecule has 1 aromatic rings. The van der Waals surface area contributed by atoms with Crippen molar-refractivity contribution in [3.8, 4) is 0 Å². The van der Waals surface area contributed by atoms with E-state index in [-0.39, 0.29) is 23.1 Å². The first-order chi connectivity index (χ1) is 10.3. The molecule has 1 amide bonds. The Morgan fingerprint density at radius 1 is 1.27 bits per heavy atom. The minimum atomic E-state index is -3.29. The standard InChI is InChI=1S/C15H19NO5S/c1-2-22(20,21)13-7-5-11(6-8-13)14(17)16-9-3-4-12(10-16)15(18)19/h5-8,12H,2-4,9-10H2,1H3,(H,18,19). The number of carboxylic acid groups (broad SMARTS) is 1. The van der Waals surface area contributed by atoms with Crippen molar-refractivity contribution < 1.29 is 23.1 Å². The SMILES string of the molecule is CCS(=O)(=O)c1ccc(C(=O)N2CCCC(C(=O)O)C2)cc1. The van der Waals surface area contributed by atoms with Crippen LogP contribution in [0.3, 0.4) is 0 Å². The Kier molecular flexibility index (Phi) is 4.85. The minimum Gasteiger partial charge on any atom is -0.481 e. The van der Waals surface area contributed by atoms with Crippen LogP contribution in [0.1, 0.15) is 30.1 Å². The number of piperidine rings is 1. The molecule has 1 saturated heterocycles. The topological polar surface area (TPSA) is 91.8 Å². The van der Waals surface area contributed by atoms with Crippen LogP contribution in [0, 0.1) is 5.92 Å². The number of hydrogen-bond acceptors (Lipinski definition) is 4. The predicted octanol–water partition coefficient (Wildman–Crippen LogP) is 1.42. The number of nitrogens with zero attached hydrogens (tertiary/aromatic N) is 1. The molecule has 1 fully saturated rings. The molecule has 7 heteroatoms. The second-order valence-corrected chi connectivity index (χ2v) is 7.63. The van der Waals surface area contributed by atoms with E-state index in [2.05, 4.69) is 0 Å². The quantitative estimate of drug-likeness (QED) is 0.904. The molecule has 0 aliphatic carbocycles. The molecule has 1 heterocycles. The largest absolute Gasteiger partial charge is 0.481 e. The van der Waals surface area contributed by atoms with Crippen molar-refractivity contribution in [1.82, 2.24) is 4.90 Å². The van der Waals surface area contributed by atoms with Gasteiger partial charge < -0.3 is 10.0 Å². The number of aliphatic carboxylic acids is 1. The number of carbonyl (C=O) groups is 2. The van der Waals surface area contributed by atoms with E-state index in [0.717, 1.165) is 0 Å². The van der Waals surface area contributed by atoms with Crippen molar-refractivity contribution in [3.63, 3.8) is 0 Å². The molecule has 1 N–H and O–H groups in total. The molecule has 0 spiro atoms. The van der Waals surface area contributed by atoms with Crippen molar-refractivity contribution in [3.05, 3.63) is 29.8 Å². The maximum atomic E-state index is 12.4. The lowest BCUT2D eigenvalue weighted by Gasteiger charge is -2.30. The van der Waals surface area contributed by atoms with E-state index in [9.17, 15) is 18.0 Å². The van der Waals surface area contributed by atoms with Gasteiger partial charge in [0.15, 0.2) is 9.84 Å². The zero-order chi connectivity index (χ0) is 16.3. The van der Waals surface area contributed by atoms with Gasteiger partial charge in [-0.3, -0.25) is 9.59 Å². The first kappa shape index (κ1) is 16.5. The molecule has 22 heavy (non-hydrogen) atoms. The number of likely N-dealkylation sites (tertiary alicyclic amines) is 1. The smallest absolute Gasteiger partial charge is 0.308 e. The molecular formula is C15H19NO5S. The maximum Gasteiger partial charge on any atom is 0.308 e. The van der Waals surface area contributed by atoms with Gasteiger partial charge in [0.25, 0.3) is 5.91 Å². The fourth-order valence-corrected chi connectivity index (χ4v) is 3.40. The zero-order valence-corrected chi connectivity index (χ0v) is 13.2. The summed E-state index contributed by atoms with van der Waals surface area (Å²) in [6, 6.07) is 5.81. The summed E-state index contributed by atoms with van der Waals surface area (Å²) in [5.41, 5.74) is 0.376. The van der Waals surface area contributed by atoms with Crippen LogP contribution in [0.5, 0.6) is 0 Å². The zero-order valence-electron chi connectivity index (χ0n) is 12.4. The molecule has 0 saturated carbocycles. The highest BCUT2D eigenvalue weighted by molar-refractivity contribution is 7.91. The monoisotopic (exact) mass is 325 g/mol. The van der Waals surface area contributed by atoms with Crippen molar-refractivity contribution in [2.75, 3.05) is 18.8 Å². The number of rotatable bonds is 4. The molecule has 1 aromatic carbocycles. The van der Waals surface area contributed by atoms with Gasteiger partial charge in [-0.25, -0.2) is 8.42 Å². The minimum absolute atomic E-state index is 0.00666. The molecule has 1 aliphatic heterocycles. The van der Waals surface area contributed by atoms with Crippen LogP contribution in [-0.2, 0) is 14.6 Å². The summed E-state index contributed by atoms with van der Waals surface area (Å²) in [6.45, 7) is 2.29. The van der Waals surface area contributed by atoms with Crippen LogP contribution in [-0.4, -0.2) is 49.1 Å². The fourth-order valence-electron chi connectivity index (χ4n) is 2.52. The van der Waals surface area contributed by atoms with E-state index in [0.29, 0.717) is 24.9 Å². The Morgan fingerprint density at radius 3 is 2.45 bits per heavy atom. The van der Waals surface area contributed by atoms with Crippen molar-refractivity contribution >= 4 is 21.7 Å². The summed E-state index contributed by atoms with van der Waals surface area (Å²) >= 11 is 0. The third-order valence-electron chi connectivity index (χ3n) is 3.90. The van der Waals surface area contributed by atoms with Gasteiger partial charge in [-0.2, -0.15) is 0 Å². The third-order valence-corrected chi connectivity index (χ3v) is 5.65. The molecule has 1 atom stereocenters. The number of carbonyl (C=O) groups excluding carboxylic acids is 1. The molecule has 0 aromatic heterocycles. The summed E-state index contributed by atoms with van der Waals surface area (Å²) in [5, 5.41) is 9.06. The summed E-state index contributed by atoms with van der Waals surface area (Å²) in [6.07, 6.45) is 1.23. The van der Waals surface area contributed by atoms with Crippen LogP contribution >= 0.6 is 0 Å². The first-order valence-electron chi connectivity index (χ1n) is 7.20. The van der Waals surface area contributed by atoms with E-state index in [1.165, 1.54) is 29.2 Å². The molecule has 0 radical (unpaired) electrons. The van der Waals surface area contributed by atoms with Gasteiger partial charge in [-0.15, -0.1) is 0 Å². The highest BCUT2D eigenvalue weighted by Gasteiger charge is 2.28. The number of amides is 1. The molecule has 1 unspecified atom stereocenters. The van der Waals surface area contributed by atoms with E-state index in [1.54, 1.807) is 6.92 Å². The Hall–Kier alpha value is -1.89. The van der Waals surface area contributed by atoms with Gasteiger partial charge in [0, 0.05) is 18.7 Å². The summed E-state index contributed by atoms with van der Waals surface area (Å²) < 4.78 is 23.5. The molecule has 120 valence electrons.